The molecule has 0 radical (unpaired) electrons. The van der Waals surface area contributed by atoms with Gasteiger partial charge >= 0.3 is 0 Å². The topological polar surface area (TPSA) is 39.4 Å². The predicted molar refractivity (Wildman–Crippen MR) is 563 cm³/mol. The average molecular weight is 1720 g/mol. The highest BCUT2D eigenvalue weighted by atomic mass is 16.3. The fraction of sp³-hybridized carbons (Fsp3) is 0. The van der Waals surface area contributed by atoms with E-state index in [4.69, 9.17) is 42.0 Å². The Morgan fingerprint density at radius 2 is 0.383 bits per heavy atom. The maximum atomic E-state index is 9.36. The van der Waals surface area contributed by atoms with Crippen LogP contribution >= 0.6 is 0 Å². The minimum Gasteiger partial charge on any atom is -0.456 e. The standard InChI is InChI=1S/C48H30O.C44H28O.C38H24O/c1-2-13-32(14-3-1)36-22-11-25-43-47(36)48-37(23-12-26-44(48)49-43)33-27-29-34(30-28-33)45-39-18-6-8-20-41(39)46(42-21-9-7-19-40(42)45)38-24-10-16-31-15-4-5-17-35(31)38;1-3-13-29(14-4-1)33-27-28-40-44(38-21-11-12-22-39(38)45-40)43(33)32-25-23-31(24-26-32)42-36-19-9-7-17-34(36)41(30-15-5-2-6-16-30)35-18-8-10-20-37(35)42;1-2-11-26(12-3-1)36-29-13-4-6-15-31(29)37(32-16-7-5-14-30(32)36)27-23-21-25(22-24-27)28-18-10-20-35-38(28)33-17-8-9-19-34(33)39-35/h1-30H;1-28H;1-24H/i6D,7D,8D,9D,18D,19D,20D,21D;2D,5D,6D,7D,8D,9D,10D,15D,16D,17D,18D,19D,20D;4D,5D,6D,7D,13D,14D,15D,16D. The van der Waals surface area contributed by atoms with Crippen molar-refractivity contribution in [3.05, 3.63) is 497 Å². The fourth-order valence-corrected chi connectivity index (χ4v) is 19.4. The lowest BCUT2D eigenvalue weighted by atomic mass is 9.84. The summed E-state index contributed by atoms with van der Waals surface area (Å²) in [6, 6.07) is 88.0. The smallest absolute Gasteiger partial charge is 0.136 e. The van der Waals surface area contributed by atoms with E-state index in [1.165, 1.54) is 0 Å². The molecule has 0 aliphatic heterocycles. The molecule has 0 N–H and O–H groups in total. The molecule has 0 aliphatic rings. The zero-order valence-electron chi connectivity index (χ0n) is 99.3. The van der Waals surface area contributed by atoms with Crippen molar-refractivity contribution in [2.75, 3.05) is 0 Å². The second kappa shape index (κ2) is 33.0. The van der Waals surface area contributed by atoms with Gasteiger partial charge in [0.25, 0.3) is 0 Å². The summed E-state index contributed by atoms with van der Waals surface area (Å²) in [5.74, 6) is 0. The summed E-state index contributed by atoms with van der Waals surface area (Å²) in [5, 5.41) is 8.16. The van der Waals surface area contributed by atoms with Crippen LogP contribution in [0.4, 0.5) is 0 Å². The van der Waals surface area contributed by atoms with E-state index in [9.17, 15) is 11.0 Å². The fourth-order valence-electron chi connectivity index (χ4n) is 19.4. The lowest BCUT2D eigenvalue weighted by molar-refractivity contribution is 0.668. The zero-order valence-corrected chi connectivity index (χ0v) is 70.3. The van der Waals surface area contributed by atoms with Crippen LogP contribution in [0.5, 0.6) is 0 Å². The minimum absolute atomic E-state index is 0.0712. The summed E-state index contributed by atoms with van der Waals surface area (Å²) < 4.78 is 277. The van der Waals surface area contributed by atoms with Gasteiger partial charge in [-0.05, 0) is 229 Å². The summed E-state index contributed by atoms with van der Waals surface area (Å²) in [6.45, 7) is 0. The summed E-state index contributed by atoms with van der Waals surface area (Å²) in [6.07, 6.45) is 0. The molecule has 0 spiro atoms. The highest BCUT2D eigenvalue weighted by Crippen LogP contribution is 2.52. The molecule has 0 amide bonds. The molecule has 0 bridgehead atoms. The molecular formula is C130H82O3. The third kappa shape index (κ3) is 13.4. The summed E-state index contributed by atoms with van der Waals surface area (Å²) >= 11 is 0. The van der Waals surface area contributed by atoms with Gasteiger partial charge in [-0.3, -0.25) is 0 Å². The Kier molecular flexibility index (Phi) is 13.2. The van der Waals surface area contributed by atoms with Crippen molar-refractivity contribution in [1.82, 2.24) is 0 Å². The molecule has 0 saturated carbocycles. The van der Waals surface area contributed by atoms with Crippen LogP contribution in [0.25, 0.3) is 264 Å². The van der Waals surface area contributed by atoms with Crippen molar-refractivity contribution in [2.45, 2.75) is 0 Å². The Labute approximate surface area is 809 Å². The van der Waals surface area contributed by atoms with Gasteiger partial charge < -0.3 is 13.3 Å². The van der Waals surface area contributed by atoms with Crippen molar-refractivity contribution in [1.29, 1.82) is 0 Å². The number of hydrogen-bond donors (Lipinski definition) is 0. The maximum absolute atomic E-state index is 9.36. The first-order valence-corrected chi connectivity index (χ1v) is 43.3. The first kappa shape index (κ1) is 53.3. The third-order valence-electron chi connectivity index (χ3n) is 25.1. The second-order valence-corrected chi connectivity index (χ2v) is 32.3. The molecule has 3 heteroatoms. The Bertz CT molecular complexity index is 10800. The van der Waals surface area contributed by atoms with E-state index in [0.29, 0.717) is 61.2 Å². The molecule has 3 heterocycles. The SMILES string of the molecule is [2H]c1c([2H])c([2H])c(-c2c3c([2H])c([2H])c([2H])c([2H])c3c(-c3ccc(-c4c(-c5ccccc5)ccc5oc6ccccc6c45)cc3)c3c([2H])c([2H])c([2H])c([2H])c23)c([2H])c1[2H].[2H]c1c([2H])c([2H])c2c(-c3ccc(-c4cccc5oc6ccccc6c45)cc3)c3c([2H])c([2H])c([2H])c([2H])c3c(-c3ccccc3)c2c1[2H].[2H]c1c([2H])c([2H])c2c(-c3cccc4ccccc34)c3c([2H])c([2H])c([2H])c([2H])c3c(-c3ccc(-c4cccc5oc6cccc(-c7ccccc7)c6c45)cc3)c2c1[2H]. The normalized spacial score (nSPS) is 14.7. The van der Waals surface area contributed by atoms with Crippen LogP contribution in [0.15, 0.2) is 510 Å². The van der Waals surface area contributed by atoms with E-state index in [2.05, 4.69) is 18.2 Å². The van der Waals surface area contributed by atoms with Crippen molar-refractivity contribution in [3.8, 4) is 122 Å². The molecule has 0 saturated heterocycles. The third-order valence-corrected chi connectivity index (χ3v) is 25.1. The minimum atomic E-state index is -0.714. The van der Waals surface area contributed by atoms with E-state index in [1.807, 2.05) is 267 Å². The van der Waals surface area contributed by atoms with Gasteiger partial charge in [0, 0.05) is 37.9 Å². The van der Waals surface area contributed by atoms with Crippen LogP contribution in [-0.2, 0) is 0 Å². The molecule has 27 aromatic rings. The van der Waals surface area contributed by atoms with Crippen LogP contribution in [0.2, 0.25) is 0 Å². The highest BCUT2D eigenvalue weighted by molar-refractivity contribution is 6.27. The first-order chi connectivity index (χ1) is 78.1. The second-order valence-electron chi connectivity index (χ2n) is 32.3. The van der Waals surface area contributed by atoms with E-state index >= 15 is 0 Å². The molecule has 0 fully saturated rings. The molecule has 27 rings (SSSR count). The zero-order chi connectivity index (χ0) is 113. The molecule has 0 aliphatic carbocycles. The Balaban J connectivity index is 0.000000124. The van der Waals surface area contributed by atoms with Gasteiger partial charge in [-0.2, -0.15) is 0 Å². The van der Waals surface area contributed by atoms with Crippen molar-refractivity contribution >= 4 is 141 Å². The van der Waals surface area contributed by atoms with Gasteiger partial charge in [0.05, 0.1) is 39.8 Å². The van der Waals surface area contributed by atoms with Crippen LogP contribution in [0.3, 0.4) is 0 Å². The molecule has 0 atom stereocenters. The van der Waals surface area contributed by atoms with Crippen molar-refractivity contribution < 1.29 is 53.0 Å². The monoisotopic (exact) mass is 1720 g/mol. The quantitative estimate of drug-likeness (QED) is 0.121. The number of hydrogen-bond acceptors (Lipinski definition) is 3. The molecule has 620 valence electrons. The molecule has 24 aromatic carbocycles. The maximum Gasteiger partial charge on any atom is 0.136 e. The Morgan fingerprint density at radius 3 is 0.805 bits per heavy atom. The van der Waals surface area contributed by atoms with Gasteiger partial charge in [-0.1, -0.05) is 460 Å². The van der Waals surface area contributed by atoms with Crippen LogP contribution in [-0.4, -0.2) is 0 Å². The molecular weight excluding hydrogens is 1610 g/mol. The van der Waals surface area contributed by atoms with Gasteiger partial charge in [0.2, 0.25) is 0 Å². The van der Waals surface area contributed by atoms with Crippen molar-refractivity contribution in [2.24, 2.45) is 0 Å². The van der Waals surface area contributed by atoms with Crippen molar-refractivity contribution in [3.63, 3.8) is 0 Å². The molecule has 3 aromatic heterocycles. The van der Waals surface area contributed by atoms with Gasteiger partial charge in [-0.15, -0.1) is 0 Å². The van der Waals surface area contributed by atoms with E-state index in [-0.39, 0.29) is 124 Å². The number of furan rings is 3. The Morgan fingerprint density at radius 1 is 0.128 bits per heavy atom. The van der Waals surface area contributed by atoms with Gasteiger partial charge in [0.1, 0.15) is 33.5 Å². The predicted octanol–water partition coefficient (Wildman–Crippen LogP) is 37.2. The highest BCUT2D eigenvalue weighted by Gasteiger charge is 2.26. The number of fused-ring (bicyclic) bond motifs is 16. The number of para-hydroxylation sites is 2. The van der Waals surface area contributed by atoms with Gasteiger partial charge in [0.15, 0.2) is 0 Å². The molecule has 133 heavy (non-hydrogen) atoms. The van der Waals surface area contributed by atoms with E-state index < -0.39 is 132 Å². The van der Waals surface area contributed by atoms with Crippen LogP contribution < -0.4 is 0 Å². The molecule has 3 nitrogen and oxygen atoms in total. The largest absolute Gasteiger partial charge is 0.456 e. The van der Waals surface area contributed by atoms with E-state index in [0.717, 1.165) is 121 Å². The average Bonchev–Trinajstić information content (AvgIpc) is 0.818. The van der Waals surface area contributed by atoms with Crippen LogP contribution in [0, 0.1) is 0 Å². The lowest BCUT2D eigenvalue weighted by Gasteiger charge is -2.19. The van der Waals surface area contributed by atoms with Crippen LogP contribution in [0.1, 0.15) is 39.8 Å². The van der Waals surface area contributed by atoms with E-state index in [1.54, 1.807) is 36.4 Å². The van der Waals surface area contributed by atoms with Gasteiger partial charge in [-0.25, -0.2) is 0 Å². The number of rotatable bonds is 11. The summed E-state index contributed by atoms with van der Waals surface area (Å²) in [4.78, 5) is 0. The first-order valence-electron chi connectivity index (χ1n) is 57.8. The summed E-state index contributed by atoms with van der Waals surface area (Å²) in [7, 11) is 0. The lowest BCUT2D eigenvalue weighted by Crippen LogP contribution is -1.91. The summed E-state index contributed by atoms with van der Waals surface area (Å²) in [5.41, 5.74) is 17.0. The molecule has 0 unspecified atom stereocenters. The Hall–Kier alpha value is -17.5. The number of benzene rings is 24.